The number of hydrogen-bond donors (Lipinski definition) is 2. The number of aliphatic imine (C=N–C) groups is 1. The third-order valence-electron chi connectivity index (χ3n) is 7.06. The average molecular weight is 417 g/mol. The monoisotopic (exact) mass is 416 g/mol. The van der Waals surface area contributed by atoms with Crippen LogP contribution >= 0.6 is 0 Å². The number of piperidine rings is 1. The van der Waals surface area contributed by atoms with Gasteiger partial charge in [-0.3, -0.25) is 4.99 Å². The van der Waals surface area contributed by atoms with Crippen molar-refractivity contribution in [2.24, 2.45) is 16.8 Å². The minimum absolute atomic E-state index is 0.320. The van der Waals surface area contributed by atoms with E-state index >= 15 is 0 Å². The Morgan fingerprint density at radius 1 is 1.20 bits per heavy atom. The summed E-state index contributed by atoms with van der Waals surface area (Å²) in [4.78, 5) is 7.45. The zero-order valence-corrected chi connectivity index (χ0v) is 18.8. The van der Waals surface area contributed by atoms with Crippen LogP contribution in [0.3, 0.4) is 0 Å². The summed E-state index contributed by atoms with van der Waals surface area (Å²) < 4.78 is 11.2. The van der Waals surface area contributed by atoms with Gasteiger partial charge in [-0.2, -0.15) is 0 Å². The Labute approximate surface area is 181 Å². The Balaban J connectivity index is 1.26. The van der Waals surface area contributed by atoms with Crippen molar-refractivity contribution in [1.29, 1.82) is 0 Å². The summed E-state index contributed by atoms with van der Waals surface area (Å²) in [6, 6.07) is 5.09. The van der Waals surface area contributed by atoms with Crippen molar-refractivity contribution in [2.75, 3.05) is 32.8 Å². The van der Waals surface area contributed by atoms with E-state index in [0.29, 0.717) is 18.2 Å². The minimum Gasteiger partial charge on any atom is -0.469 e. The quantitative estimate of drug-likeness (QED) is 0.477. The highest BCUT2D eigenvalue weighted by atomic mass is 16.5. The maximum atomic E-state index is 5.72. The van der Waals surface area contributed by atoms with Gasteiger partial charge in [0.05, 0.1) is 19.0 Å². The third-order valence-corrected chi connectivity index (χ3v) is 7.06. The van der Waals surface area contributed by atoms with Gasteiger partial charge < -0.3 is 24.7 Å². The minimum atomic E-state index is 0.320. The molecule has 0 radical (unpaired) electrons. The van der Waals surface area contributed by atoms with Gasteiger partial charge in [-0.25, -0.2) is 0 Å². The summed E-state index contributed by atoms with van der Waals surface area (Å²) >= 11 is 0. The lowest BCUT2D eigenvalue weighted by molar-refractivity contribution is 0.0532. The van der Waals surface area contributed by atoms with Gasteiger partial charge in [0.2, 0.25) is 0 Å². The standard InChI is InChI=1S/C24H40N4O2/c1-18(2)29-15-13-28-11-8-21(9-12-28)26-24(25-10-7-22-4-3-14-30-22)27-23-17-19-5-6-20(23)16-19/h3-4,14,18-21,23H,5-13,15-17H2,1-2H3,(H2,25,26,27). The summed E-state index contributed by atoms with van der Waals surface area (Å²) in [6.07, 6.45) is 10.8. The van der Waals surface area contributed by atoms with Gasteiger partial charge in [0.1, 0.15) is 5.76 Å². The number of guanidine groups is 1. The van der Waals surface area contributed by atoms with E-state index in [-0.39, 0.29) is 0 Å². The van der Waals surface area contributed by atoms with E-state index in [1.807, 2.05) is 12.1 Å². The van der Waals surface area contributed by atoms with Crippen LogP contribution in [0.25, 0.3) is 0 Å². The largest absolute Gasteiger partial charge is 0.469 e. The molecule has 3 atom stereocenters. The van der Waals surface area contributed by atoms with Gasteiger partial charge in [0.25, 0.3) is 0 Å². The normalized spacial score (nSPS) is 27.8. The molecule has 2 bridgehead atoms. The second kappa shape index (κ2) is 10.7. The highest BCUT2D eigenvalue weighted by Gasteiger charge is 2.40. The Morgan fingerprint density at radius 3 is 2.73 bits per heavy atom. The number of rotatable bonds is 9. The molecule has 1 aromatic heterocycles. The molecule has 1 aliphatic heterocycles. The maximum absolute atomic E-state index is 5.72. The molecule has 30 heavy (non-hydrogen) atoms. The fourth-order valence-corrected chi connectivity index (χ4v) is 5.37. The Morgan fingerprint density at radius 2 is 2.07 bits per heavy atom. The molecule has 3 aliphatic rings. The van der Waals surface area contributed by atoms with Crippen molar-refractivity contribution in [3.8, 4) is 0 Å². The number of fused-ring (bicyclic) bond motifs is 2. The predicted molar refractivity (Wildman–Crippen MR) is 121 cm³/mol. The van der Waals surface area contributed by atoms with Crippen LogP contribution in [-0.4, -0.2) is 61.8 Å². The van der Waals surface area contributed by atoms with Crippen molar-refractivity contribution in [1.82, 2.24) is 15.5 Å². The first-order valence-electron chi connectivity index (χ1n) is 12.1. The first kappa shape index (κ1) is 21.7. The molecule has 1 aromatic rings. The predicted octanol–water partition coefficient (Wildman–Crippen LogP) is 3.44. The second-order valence-corrected chi connectivity index (χ2v) is 9.67. The highest BCUT2D eigenvalue weighted by Crippen LogP contribution is 2.44. The third kappa shape index (κ3) is 6.24. The lowest BCUT2D eigenvalue weighted by atomic mass is 9.95. The summed E-state index contributed by atoms with van der Waals surface area (Å²) in [6.45, 7) is 9.10. The molecule has 0 spiro atoms. The number of furan rings is 1. The summed E-state index contributed by atoms with van der Waals surface area (Å²) in [5.74, 6) is 3.80. The molecule has 0 aromatic carbocycles. The van der Waals surface area contributed by atoms with Crippen LogP contribution in [0.1, 0.15) is 58.1 Å². The molecule has 0 amide bonds. The van der Waals surface area contributed by atoms with Crippen LogP contribution in [0.2, 0.25) is 0 Å². The topological polar surface area (TPSA) is 62.0 Å². The van der Waals surface area contributed by atoms with Gasteiger partial charge >= 0.3 is 0 Å². The molecule has 4 rings (SSSR count). The van der Waals surface area contributed by atoms with E-state index in [1.165, 1.54) is 25.7 Å². The number of nitrogens with one attached hydrogen (secondary N) is 2. The van der Waals surface area contributed by atoms with E-state index in [0.717, 1.165) is 75.6 Å². The van der Waals surface area contributed by atoms with Crippen LogP contribution in [0.15, 0.2) is 27.8 Å². The molecule has 2 N–H and O–H groups in total. The Hall–Kier alpha value is -1.53. The smallest absolute Gasteiger partial charge is 0.191 e. The zero-order valence-electron chi connectivity index (χ0n) is 18.8. The number of likely N-dealkylation sites (tertiary alicyclic amines) is 1. The van der Waals surface area contributed by atoms with Gasteiger partial charge in [-0.05, 0) is 69.9 Å². The van der Waals surface area contributed by atoms with Crippen LogP contribution in [-0.2, 0) is 11.2 Å². The fraction of sp³-hybridized carbons (Fsp3) is 0.792. The van der Waals surface area contributed by atoms with Crippen molar-refractivity contribution < 1.29 is 9.15 Å². The van der Waals surface area contributed by atoms with Crippen LogP contribution in [0, 0.1) is 11.8 Å². The highest BCUT2D eigenvalue weighted by molar-refractivity contribution is 5.80. The van der Waals surface area contributed by atoms with Gasteiger partial charge in [0, 0.05) is 44.7 Å². The molecule has 168 valence electrons. The SMILES string of the molecule is CC(C)OCCN1CCC(NC(=NCCc2ccco2)NC2CC3CCC2C3)CC1. The molecule has 3 fully saturated rings. The molecule has 3 unspecified atom stereocenters. The molecule has 2 aliphatic carbocycles. The fourth-order valence-electron chi connectivity index (χ4n) is 5.37. The lowest BCUT2D eigenvalue weighted by Crippen LogP contribution is -2.52. The molecular formula is C24H40N4O2. The molecular weight excluding hydrogens is 376 g/mol. The van der Waals surface area contributed by atoms with Crippen LogP contribution in [0.5, 0.6) is 0 Å². The van der Waals surface area contributed by atoms with Crippen molar-refractivity contribution in [2.45, 2.75) is 77.0 Å². The van der Waals surface area contributed by atoms with E-state index in [2.05, 4.69) is 29.4 Å². The van der Waals surface area contributed by atoms with Crippen LogP contribution in [0.4, 0.5) is 0 Å². The number of nitrogens with zero attached hydrogens (tertiary/aromatic N) is 2. The first-order chi connectivity index (χ1) is 14.7. The second-order valence-electron chi connectivity index (χ2n) is 9.67. The Kier molecular flexibility index (Phi) is 7.72. The molecule has 2 saturated carbocycles. The number of ether oxygens (including phenoxy) is 1. The van der Waals surface area contributed by atoms with E-state index in [4.69, 9.17) is 14.1 Å². The molecule has 1 saturated heterocycles. The lowest BCUT2D eigenvalue weighted by Gasteiger charge is -2.34. The summed E-state index contributed by atoms with van der Waals surface area (Å²) in [7, 11) is 0. The van der Waals surface area contributed by atoms with Crippen LogP contribution < -0.4 is 10.6 Å². The zero-order chi connectivity index (χ0) is 20.8. The van der Waals surface area contributed by atoms with Gasteiger partial charge in [-0.15, -0.1) is 0 Å². The van der Waals surface area contributed by atoms with Crippen molar-refractivity contribution >= 4 is 5.96 Å². The Bertz CT molecular complexity index is 652. The van der Waals surface area contributed by atoms with E-state index in [1.54, 1.807) is 6.26 Å². The van der Waals surface area contributed by atoms with Crippen molar-refractivity contribution in [3.05, 3.63) is 24.2 Å². The van der Waals surface area contributed by atoms with E-state index < -0.39 is 0 Å². The summed E-state index contributed by atoms with van der Waals surface area (Å²) in [5.41, 5.74) is 0. The number of hydrogen-bond acceptors (Lipinski definition) is 4. The molecule has 2 heterocycles. The molecule has 6 nitrogen and oxygen atoms in total. The summed E-state index contributed by atoms with van der Waals surface area (Å²) in [5, 5.41) is 7.58. The van der Waals surface area contributed by atoms with E-state index in [9.17, 15) is 0 Å². The molecule has 6 heteroatoms. The van der Waals surface area contributed by atoms with Gasteiger partial charge in [0.15, 0.2) is 5.96 Å². The maximum Gasteiger partial charge on any atom is 0.191 e. The van der Waals surface area contributed by atoms with Gasteiger partial charge in [-0.1, -0.05) is 6.42 Å². The first-order valence-corrected chi connectivity index (χ1v) is 12.1. The van der Waals surface area contributed by atoms with Crippen molar-refractivity contribution in [3.63, 3.8) is 0 Å². The average Bonchev–Trinajstić information content (AvgIpc) is 3.47.